The number of anilines is 2. The number of hydrogen-bond acceptors (Lipinski definition) is 7. The Hall–Kier alpha value is -3.66. The van der Waals surface area contributed by atoms with Crippen LogP contribution in [0.15, 0.2) is 36.8 Å². The predicted molar refractivity (Wildman–Crippen MR) is 126 cm³/mol. The SMILES string of the molecule is Cc1ncc(-c2nc3ccc(N4CCO[C@H](C)C4)cn3n2)c2cc(NC(=O)[C@H]3C[C@H]3F)ncc12. The fraction of sp³-hybridized carbons (Fsp3) is 0.375. The molecule has 174 valence electrons. The zero-order valence-corrected chi connectivity index (χ0v) is 18.9. The van der Waals surface area contributed by atoms with Crippen molar-refractivity contribution in [2.24, 2.45) is 5.92 Å². The molecule has 0 bridgehead atoms. The first-order valence-corrected chi connectivity index (χ1v) is 11.4. The van der Waals surface area contributed by atoms with Crippen LogP contribution in [0.1, 0.15) is 19.0 Å². The molecule has 2 fully saturated rings. The summed E-state index contributed by atoms with van der Waals surface area (Å²) in [7, 11) is 0. The monoisotopic (exact) mass is 461 g/mol. The zero-order chi connectivity index (χ0) is 23.4. The molecule has 3 atom stereocenters. The third-order valence-corrected chi connectivity index (χ3v) is 6.43. The highest BCUT2D eigenvalue weighted by Gasteiger charge is 2.43. The van der Waals surface area contributed by atoms with Crippen molar-refractivity contribution in [3.8, 4) is 11.4 Å². The van der Waals surface area contributed by atoms with Crippen molar-refractivity contribution in [2.75, 3.05) is 29.9 Å². The lowest BCUT2D eigenvalue weighted by molar-refractivity contribution is -0.117. The number of morpholine rings is 1. The molecule has 1 amide bonds. The number of aryl methyl sites for hydroxylation is 1. The van der Waals surface area contributed by atoms with Crippen LogP contribution in [0.2, 0.25) is 0 Å². The molecule has 0 radical (unpaired) electrons. The quantitative estimate of drug-likeness (QED) is 0.499. The molecular formula is C24H24FN7O2. The van der Waals surface area contributed by atoms with Crippen molar-refractivity contribution in [3.63, 3.8) is 0 Å². The fourth-order valence-electron chi connectivity index (χ4n) is 4.39. The average molecular weight is 462 g/mol. The average Bonchev–Trinajstić information content (AvgIpc) is 3.42. The Morgan fingerprint density at radius 2 is 2.09 bits per heavy atom. The minimum absolute atomic E-state index is 0.180. The van der Waals surface area contributed by atoms with E-state index in [9.17, 15) is 9.18 Å². The molecule has 4 aromatic rings. The number of ether oxygens (including phenoxy) is 1. The van der Waals surface area contributed by atoms with Crippen LogP contribution in [-0.2, 0) is 9.53 Å². The molecule has 0 unspecified atom stereocenters. The summed E-state index contributed by atoms with van der Waals surface area (Å²) in [5.41, 5.74) is 3.33. The Bertz CT molecular complexity index is 1420. The Balaban J connectivity index is 1.37. The molecule has 5 heterocycles. The normalized spacial score (nSPS) is 22.3. The van der Waals surface area contributed by atoms with E-state index in [2.05, 4.69) is 27.1 Å². The smallest absolute Gasteiger partial charge is 0.231 e. The van der Waals surface area contributed by atoms with Gasteiger partial charge in [0.2, 0.25) is 5.91 Å². The molecule has 10 heteroatoms. The lowest BCUT2D eigenvalue weighted by atomic mass is 10.1. The van der Waals surface area contributed by atoms with Crippen molar-refractivity contribution in [3.05, 3.63) is 42.5 Å². The maximum Gasteiger partial charge on any atom is 0.231 e. The van der Waals surface area contributed by atoms with Crippen molar-refractivity contribution in [1.29, 1.82) is 0 Å². The molecule has 2 aliphatic rings. The molecule has 34 heavy (non-hydrogen) atoms. The highest BCUT2D eigenvalue weighted by molar-refractivity contribution is 6.00. The molecule has 1 N–H and O–H groups in total. The van der Waals surface area contributed by atoms with Gasteiger partial charge in [0.25, 0.3) is 0 Å². The van der Waals surface area contributed by atoms with Gasteiger partial charge in [-0.05, 0) is 38.5 Å². The molecule has 9 nitrogen and oxygen atoms in total. The van der Waals surface area contributed by atoms with Gasteiger partial charge in [0, 0.05) is 47.5 Å². The number of amides is 1. The van der Waals surface area contributed by atoms with E-state index in [-0.39, 0.29) is 18.4 Å². The van der Waals surface area contributed by atoms with E-state index in [4.69, 9.17) is 14.8 Å². The summed E-state index contributed by atoms with van der Waals surface area (Å²) in [6, 6.07) is 5.77. The second-order valence-electron chi connectivity index (χ2n) is 8.97. The summed E-state index contributed by atoms with van der Waals surface area (Å²) in [5, 5.41) is 9.12. The second-order valence-corrected chi connectivity index (χ2v) is 8.97. The second kappa shape index (κ2) is 7.98. The lowest BCUT2D eigenvalue weighted by Gasteiger charge is -2.32. The van der Waals surface area contributed by atoms with Crippen LogP contribution in [0.4, 0.5) is 15.9 Å². The number of alkyl halides is 1. The molecule has 1 saturated heterocycles. The molecule has 1 saturated carbocycles. The van der Waals surface area contributed by atoms with Crippen LogP contribution in [0.3, 0.4) is 0 Å². The van der Waals surface area contributed by atoms with Gasteiger partial charge < -0.3 is 15.0 Å². The van der Waals surface area contributed by atoms with Crippen LogP contribution in [0, 0.1) is 12.8 Å². The summed E-state index contributed by atoms with van der Waals surface area (Å²) in [5.74, 6) is -0.0298. The van der Waals surface area contributed by atoms with E-state index in [1.54, 1.807) is 23.0 Å². The first-order valence-electron chi connectivity index (χ1n) is 11.4. The highest BCUT2D eigenvalue weighted by Crippen LogP contribution is 2.35. The third kappa shape index (κ3) is 3.73. The van der Waals surface area contributed by atoms with E-state index >= 15 is 0 Å². The van der Waals surface area contributed by atoms with Crippen molar-refractivity contribution >= 4 is 33.8 Å². The van der Waals surface area contributed by atoms with Gasteiger partial charge >= 0.3 is 0 Å². The number of pyridine rings is 3. The van der Waals surface area contributed by atoms with Gasteiger partial charge in [-0.2, -0.15) is 0 Å². The molecular weight excluding hydrogens is 437 g/mol. The van der Waals surface area contributed by atoms with E-state index in [0.29, 0.717) is 18.2 Å². The Morgan fingerprint density at radius 3 is 2.88 bits per heavy atom. The van der Waals surface area contributed by atoms with Gasteiger partial charge in [-0.1, -0.05) is 0 Å². The number of nitrogens with one attached hydrogen (secondary N) is 1. The van der Waals surface area contributed by atoms with Crippen LogP contribution in [-0.4, -0.2) is 62.4 Å². The molecule has 1 aliphatic carbocycles. The van der Waals surface area contributed by atoms with Gasteiger partial charge in [-0.15, -0.1) is 5.10 Å². The van der Waals surface area contributed by atoms with E-state index in [0.717, 1.165) is 46.5 Å². The number of rotatable bonds is 4. The summed E-state index contributed by atoms with van der Waals surface area (Å²) in [6.07, 6.45) is 4.77. The standard InChI is InChI=1S/C24H24FN7O2/c1-13-11-31(5-6-34-13)15-3-4-22-29-23(30-32(22)12-15)19-10-26-14(2)18-9-27-21(8-16(18)19)28-24(33)17-7-20(17)25/h3-4,8-10,12-13,17,20H,5-7,11H2,1-2H3,(H,27,28,33)/t13-,17+,20-/m1/s1. The third-order valence-electron chi connectivity index (χ3n) is 6.43. The van der Waals surface area contributed by atoms with E-state index in [1.807, 2.05) is 25.3 Å². The number of carbonyl (C=O) groups excluding carboxylic acids is 1. The molecule has 6 rings (SSSR count). The Labute approximate surface area is 195 Å². The number of hydrogen-bond donors (Lipinski definition) is 1. The minimum Gasteiger partial charge on any atom is -0.375 e. The molecule has 0 aromatic carbocycles. The number of nitrogens with zero attached hydrogens (tertiary/aromatic N) is 6. The number of aromatic nitrogens is 5. The van der Waals surface area contributed by atoms with Crippen LogP contribution < -0.4 is 10.2 Å². The summed E-state index contributed by atoms with van der Waals surface area (Å²) >= 11 is 0. The van der Waals surface area contributed by atoms with Crippen LogP contribution >= 0.6 is 0 Å². The number of halogens is 1. The number of carbonyl (C=O) groups is 1. The first kappa shape index (κ1) is 20.9. The van der Waals surface area contributed by atoms with Gasteiger partial charge in [-0.3, -0.25) is 9.78 Å². The summed E-state index contributed by atoms with van der Waals surface area (Å²) in [4.78, 5) is 28.0. The van der Waals surface area contributed by atoms with Gasteiger partial charge in [0.05, 0.1) is 30.5 Å². The lowest BCUT2D eigenvalue weighted by Crippen LogP contribution is -2.41. The minimum atomic E-state index is -1.06. The summed E-state index contributed by atoms with van der Waals surface area (Å²) in [6.45, 7) is 6.32. The molecule has 1 aliphatic heterocycles. The predicted octanol–water partition coefficient (Wildman–Crippen LogP) is 3.17. The fourth-order valence-corrected chi connectivity index (χ4v) is 4.39. The van der Waals surface area contributed by atoms with Crippen LogP contribution in [0.25, 0.3) is 27.8 Å². The topological polar surface area (TPSA) is 97.5 Å². The summed E-state index contributed by atoms with van der Waals surface area (Å²) < 4.78 is 20.7. The van der Waals surface area contributed by atoms with Gasteiger partial charge in [0.1, 0.15) is 12.0 Å². The van der Waals surface area contributed by atoms with Gasteiger partial charge in [-0.25, -0.2) is 18.9 Å². The van der Waals surface area contributed by atoms with Crippen molar-refractivity contribution < 1.29 is 13.9 Å². The maximum atomic E-state index is 13.3. The highest BCUT2D eigenvalue weighted by atomic mass is 19.1. The zero-order valence-electron chi connectivity index (χ0n) is 18.9. The Morgan fingerprint density at radius 1 is 1.24 bits per heavy atom. The van der Waals surface area contributed by atoms with Crippen molar-refractivity contribution in [1.82, 2.24) is 24.6 Å². The van der Waals surface area contributed by atoms with E-state index < -0.39 is 12.1 Å². The molecule has 4 aromatic heterocycles. The van der Waals surface area contributed by atoms with E-state index in [1.165, 1.54) is 0 Å². The first-order chi connectivity index (χ1) is 16.5. The molecule has 0 spiro atoms. The van der Waals surface area contributed by atoms with Crippen molar-refractivity contribution in [2.45, 2.75) is 32.5 Å². The largest absolute Gasteiger partial charge is 0.375 e. The van der Waals surface area contributed by atoms with Gasteiger partial charge in [0.15, 0.2) is 11.5 Å². The number of fused-ring (bicyclic) bond motifs is 2. The Kier molecular flexibility index (Phi) is 4.91. The maximum absolute atomic E-state index is 13.3. The van der Waals surface area contributed by atoms with Crippen LogP contribution in [0.5, 0.6) is 0 Å².